The van der Waals surface area contributed by atoms with Crippen LogP contribution in [0.25, 0.3) is 0 Å². The molecule has 1 unspecified atom stereocenters. The van der Waals surface area contributed by atoms with Gasteiger partial charge in [-0.05, 0) is 19.8 Å². The molecular weight excluding hydrogens is 234 g/mol. The maximum Gasteiger partial charge on any atom is 0.323 e. The van der Waals surface area contributed by atoms with E-state index in [4.69, 9.17) is 9.47 Å². The number of nitrogens with zero attached hydrogens (tertiary/aromatic N) is 3. The van der Waals surface area contributed by atoms with Gasteiger partial charge in [0.1, 0.15) is 0 Å². The molecule has 2 N–H and O–H groups in total. The lowest BCUT2D eigenvalue weighted by Crippen LogP contribution is -2.20. The highest BCUT2D eigenvalue weighted by atomic mass is 16.5. The van der Waals surface area contributed by atoms with Crippen molar-refractivity contribution >= 4 is 11.9 Å². The largest absolute Gasteiger partial charge is 0.464 e. The molecule has 18 heavy (non-hydrogen) atoms. The Bertz CT molecular complexity index is 382. The molecule has 1 fully saturated rings. The van der Waals surface area contributed by atoms with Crippen LogP contribution >= 0.6 is 0 Å². The molecule has 1 saturated heterocycles. The second-order valence-corrected chi connectivity index (χ2v) is 3.96. The van der Waals surface area contributed by atoms with Crippen molar-refractivity contribution in [1.29, 1.82) is 0 Å². The van der Waals surface area contributed by atoms with Crippen molar-refractivity contribution in [2.45, 2.75) is 25.9 Å². The zero-order valence-electron chi connectivity index (χ0n) is 10.8. The summed E-state index contributed by atoms with van der Waals surface area (Å²) in [5.74, 6) is 0.997. The van der Waals surface area contributed by atoms with Gasteiger partial charge in [0.05, 0.1) is 12.7 Å². The van der Waals surface area contributed by atoms with Crippen LogP contribution in [0.2, 0.25) is 0 Å². The van der Waals surface area contributed by atoms with E-state index < -0.39 is 0 Å². The lowest BCUT2D eigenvalue weighted by Gasteiger charge is -2.11. The molecule has 2 rings (SSSR count). The van der Waals surface area contributed by atoms with Crippen LogP contribution < -0.4 is 15.4 Å². The van der Waals surface area contributed by atoms with Crippen LogP contribution in [0.1, 0.15) is 19.8 Å². The second-order valence-electron chi connectivity index (χ2n) is 3.96. The van der Waals surface area contributed by atoms with Gasteiger partial charge in [0, 0.05) is 20.2 Å². The van der Waals surface area contributed by atoms with Gasteiger partial charge >= 0.3 is 6.01 Å². The zero-order valence-corrected chi connectivity index (χ0v) is 10.8. The maximum absolute atomic E-state index is 5.53. The Morgan fingerprint density at radius 1 is 1.33 bits per heavy atom. The normalized spacial score (nSPS) is 18.7. The van der Waals surface area contributed by atoms with E-state index in [1.807, 2.05) is 6.92 Å². The lowest BCUT2D eigenvalue weighted by molar-refractivity contribution is 0.120. The van der Waals surface area contributed by atoms with Crippen molar-refractivity contribution in [3.63, 3.8) is 0 Å². The summed E-state index contributed by atoms with van der Waals surface area (Å²) in [6, 6.07) is 0.326. The minimum absolute atomic E-state index is 0.246. The first-order valence-corrected chi connectivity index (χ1v) is 6.24. The molecular formula is C11H19N5O2. The topological polar surface area (TPSA) is 81.2 Å². The van der Waals surface area contributed by atoms with Crippen LogP contribution in [0.15, 0.2) is 0 Å². The highest BCUT2D eigenvalue weighted by molar-refractivity contribution is 5.35. The Morgan fingerprint density at radius 2 is 2.17 bits per heavy atom. The summed E-state index contributed by atoms with van der Waals surface area (Å²) < 4.78 is 10.8. The number of nitrogens with one attached hydrogen (secondary N) is 2. The minimum Gasteiger partial charge on any atom is -0.464 e. The molecule has 1 aliphatic rings. The van der Waals surface area contributed by atoms with Crippen LogP contribution in [0.4, 0.5) is 11.9 Å². The van der Waals surface area contributed by atoms with Crippen molar-refractivity contribution in [3.05, 3.63) is 0 Å². The number of hydrogen-bond acceptors (Lipinski definition) is 7. The van der Waals surface area contributed by atoms with Crippen LogP contribution in [0.3, 0.4) is 0 Å². The fraction of sp³-hybridized carbons (Fsp3) is 0.727. The average molecular weight is 253 g/mol. The van der Waals surface area contributed by atoms with Gasteiger partial charge in [0.2, 0.25) is 11.9 Å². The number of ether oxygens (including phenoxy) is 2. The Morgan fingerprint density at radius 3 is 2.83 bits per heavy atom. The first kappa shape index (κ1) is 12.8. The Labute approximate surface area is 106 Å². The molecule has 0 spiro atoms. The third kappa shape index (κ3) is 3.43. The van der Waals surface area contributed by atoms with E-state index >= 15 is 0 Å². The molecule has 1 aromatic heterocycles. The average Bonchev–Trinajstić information content (AvgIpc) is 2.89. The number of rotatable bonds is 6. The number of anilines is 2. The van der Waals surface area contributed by atoms with Crippen LogP contribution in [0, 0.1) is 0 Å². The van der Waals surface area contributed by atoms with E-state index in [0.717, 1.165) is 19.4 Å². The SMILES string of the molecule is CCOc1nc(NC)nc(NCC2CCCO2)n1. The summed E-state index contributed by atoms with van der Waals surface area (Å²) in [6.07, 6.45) is 2.44. The molecule has 100 valence electrons. The van der Waals surface area contributed by atoms with Crippen molar-refractivity contribution < 1.29 is 9.47 Å². The summed E-state index contributed by atoms with van der Waals surface area (Å²) in [5, 5.41) is 6.03. The summed E-state index contributed by atoms with van der Waals surface area (Å²) in [7, 11) is 1.76. The lowest BCUT2D eigenvalue weighted by atomic mass is 10.2. The predicted octanol–water partition coefficient (Wildman–Crippen LogP) is 0.903. The number of hydrogen-bond donors (Lipinski definition) is 2. The fourth-order valence-electron chi connectivity index (χ4n) is 1.75. The van der Waals surface area contributed by atoms with E-state index in [1.165, 1.54) is 0 Å². The molecule has 7 heteroatoms. The van der Waals surface area contributed by atoms with Crippen molar-refractivity contribution in [2.75, 3.05) is 37.4 Å². The summed E-state index contributed by atoms with van der Waals surface area (Å²) in [6.45, 7) is 3.97. The van der Waals surface area contributed by atoms with Crippen LogP contribution in [-0.4, -0.2) is 47.9 Å². The molecule has 0 radical (unpaired) electrons. The Kier molecular flexibility index (Phi) is 4.52. The standard InChI is InChI=1S/C11H19N5O2/c1-3-17-11-15-9(12-2)14-10(16-11)13-7-8-5-4-6-18-8/h8H,3-7H2,1-2H3,(H2,12,13,14,15,16). The number of aromatic nitrogens is 3. The minimum atomic E-state index is 0.246. The molecule has 0 amide bonds. The molecule has 2 heterocycles. The van der Waals surface area contributed by atoms with Gasteiger partial charge in [-0.25, -0.2) is 0 Å². The molecule has 1 aromatic rings. The van der Waals surface area contributed by atoms with Crippen molar-refractivity contribution in [1.82, 2.24) is 15.0 Å². The quantitative estimate of drug-likeness (QED) is 0.779. The van der Waals surface area contributed by atoms with Gasteiger partial charge in [-0.1, -0.05) is 0 Å². The van der Waals surface area contributed by atoms with Gasteiger partial charge in [-0.3, -0.25) is 0 Å². The fourth-order valence-corrected chi connectivity index (χ4v) is 1.75. The van der Waals surface area contributed by atoms with E-state index in [2.05, 4.69) is 25.6 Å². The van der Waals surface area contributed by atoms with Crippen molar-refractivity contribution in [2.24, 2.45) is 0 Å². The molecule has 0 aliphatic carbocycles. The molecule has 0 aromatic carbocycles. The Hall–Kier alpha value is -1.63. The van der Waals surface area contributed by atoms with Gasteiger partial charge in [-0.2, -0.15) is 15.0 Å². The molecule has 7 nitrogen and oxygen atoms in total. The molecule has 0 bridgehead atoms. The predicted molar refractivity (Wildman–Crippen MR) is 68.0 cm³/mol. The highest BCUT2D eigenvalue weighted by Gasteiger charge is 2.16. The van der Waals surface area contributed by atoms with E-state index in [-0.39, 0.29) is 6.10 Å². The van der Waals surface area contributed by atoms with E-state index in [1.54, 1.807) is 7.05 Å². The smallest absolute Gasteiger partial charge is 0.323 e. The maximum atomic E-state index is 5.53. The third-order valence-corrected chi connectivity index (χ3v) is 2.62. The van der Waals surface area contributed by atoms with Crippen molar-refractivity contribution in [3.8, 4) is 6.01 Å². The molecule has 0 saturated carbocycles. The van der Waals surface area contributed by atoms with E-state index in [0.29, 0.717) is 31.1 Å². The Balaban J connectivity index is 1.98. The van der Waals surface area contributed by atoms with Gasteiger partial charge in [0.25, 0.3) is 0 Å². The summed E-state index contributed by atoms with van der Waals surface area (Å²) in [4.78, 5) is 12.5. The first-order chi connectivity index (χ1) is 8.81. The van der Waals surface area contributed by atoms with E-state index in [9.17, 15) is 0 Å². The van der Waals surface area contributed by atoms with Gasteiger partial charge in [0.15, 0.2) is 0 Å². The third-order valence-electron chi connectivity index (χ3n) is 2.62. The molecule has 1 aliphatic heterocycles. The van der Waals surface area contributed by atoms with Gasteiger partial charge in [-0.15, -0.1) is 0 Å². The highest BCUT2D eigenvalue weighted by Crippen LogP contribution is 2.14. The van der Waals surface area contributed by atoms with Crippen LogP contribution in [-0.2, 0) is 4.74 Å². The van der Waals surface area contributed by atoms with Crippen LogP contribution in [0.5, 0.6) is 6.01 Å². The zero-order chi connectivity index (χ0) is 12.8. The molecule has 1 atom stereocenters. The second kappa shape index (κ2) is 6.34. The first-order valence-electron chi connectivity index (χ1n) is 6.24. The summed E-state index contributed by atoms with van der Waals surface area (Å²) in [5.41, 5.74) is 0. The summed E-state index contributed by atoms with van der Waals surface area (Å²) >= 11 is 0. The van der Waals surface area contributed by atoms with Gasteiger partial charge < -0.3 is 20.1 Å². The monoisotopic (exact) mass is 253 g/mol.